The number of aliphatic carboxylic acids is 1. The van der Waals surface area contributed by atoms with Gasteiger partial charge in [-0.25, -0.2) is 14.6 Å². The monoisotopic (exact) mass is 506 g/mol. The second-order valence-electron chi connectivity index (χ2n) is 6.21. The Labute approximate surface area is 190 Å². The molecule has 0 saturated heterocycles. The smallest absolute Gasteiger partial charge is 0.477 e. The van der Waals surface area contributed by atoms with Crippen LogP contribution in [0.4, 0.5) is 32.0 Å². The number of nitrogens with one attached hydrogen (secondary N) is 1. The highest BCUT2D eigenvalue weighted by Crippen LogP contribution is 2.42. The zero-order valence-corrected chi connectivity index (χ0v) is 17.3. The molecule has 0 aliphatic heterocycles. The van der Waals surface area contributed by atoms with Gasteiger partial charge in [-0.2, -0.15) is 26.3 Å². The van der Waals surface area contributed by atoms with Crippen LogP contribution in [0.3, 0.4) is 0 Å². The predicted octanol–water partition coefficient (Wildman–Crippen LogP) is 5.41. The van der Waals surface area contributed by atoms with Gasteiger partial charge in [0, 0.05) is 5.56 Å². The van der Waals surface area contributed by atoms with Gasteiger partial charge in [0.05, 0.1) is 16.8 Å². The van der Waals surface area contributed by atoms with Crippen LogP contribution in [0.25, 0.3) is 11.1 Å². The molecule has 1 aromatic carbocycles. The average Bonchev–Trinajstić information content (AvgIpc) is 3.21. The predicted molar refractivity (Wildman–Crippen MR) is 108 cm³/mol. The number of carboxylic acid groups (broad SMARTS) is 2. The van der Waals surface area contributed by atoms with Crippen molar-refractivity contribution in [3.05, 3.63) is 70.2 Å². The second-order valence-corrected chi connectivity index (χ2v) is 7.26. The number of amides is 1. The molecule has 3 aromatic rings. The van der Waals surface area contributed by atoms with E-state index in [0.29, 0.717) is 16.9 Å². The van der Waals surface area contributed by atoms with E-state index in [4.69, 9.17) is 15.0 Å². The molecule has 3 N–H and O–H groups in total. The van der Waals surface area contributed by atoms with Crippen molar-refractivity contribution in [3.8, 4) is 11.1 Å². The van der Waals surface area contributed by atoms with E-state index in [0.717, 1.165) is 6.20 Å². The van der Waals surface area contributed by atoms with Crippen LogP contribution in [0, 0.1) is 0 Å². The quantitative estimate of drug-likeness (QED) is 0.408. The van der Waals surface area contributed by atoms with Crippen molar-refractivity contribution in [2.24, 2.45) is 0 Å². The van der Waals surface area contributed by atoms with E-state index in [1.165, 1.54) is 30.3 Å². The molecular formula is C20H12F6N2O5S. The molecule has 34 heavy (non-hydrogen) atoms. The molecule has 3 rings (SSSR count). The summed E-state index contributed by atoms with van der Waals surface area (Å²) in [6.45, 7) is 0. The molecule has 0 atom stereocenters. The Morgan fingerprint density at radius 3 is 1.94 bits per heavy atom. The molecule has 0 aliphatic carbocycles. The minimum Gasteiger partial charge on any atom is -0.477 e. The van der Waals surface area contributed by atoms with Crippen LogP contribution in [-0.2, 0) is 11.0 Å². The highest BCUT2D eigenvalue weighted by atomic mass is 32.1. The number of rotatable bonds is 4. The van der Waals surface area contributed by atoms with Crippen molar-refractivity contribution in [2.45, 2.75) is 12.4 Å². The minimum absolute atomic E-state index is 0.0717. The van der Waals surface area contributed by atoms with Crippen LogP contribution in [0.1, 0.15) is 25.0 Å². The fourth-order valence-electron chi connectivity index (χ4n) is 2.33. The van der Waals surface area contributed by atoms with E-state index < -0.39 is 35.1 Å². The van der Waals surface area contributed by atoms with Gasteiger partial charge in [0.1, 0.15) is 10.6 Å². The Balaban J connectivity index is 0.000000509. The molecule has 0 bridgehead atoms. The molecule has 0 saturated carbocycles. The van der Waals surface area contributed by atoms with Crippen LogP contribution >= 0.6 is 11.3 Å². The number of carbonyl (C=O) groups is 3. The summed E-state index contributed by atoms with van der Waals surface area (Å²) < 4.78 is 71.8. The molecule has 2 aromatic heterocycles. The van der Waals surface area contributed by atoms with Gasteiger partial charge in [0.25, 0.3) is 5.91 Å². The minimum atomic E-state index is -5.08. The molecule has 1 amide bonds. The van der Waals surface area contributed by atoms with Gasteiger partial charge in [-0.1, -0.05) is 30.3 Å². The van der Waals surface area contributed by atoms with E-state index in [1.807, 2.05) is 0 Å². The summed E-state index contributed by atoms with van der Waals surface area (Å²) in [4.78, 5) is 34.7. The number of benzene rings is 1. The summed E-state index contributed by atoms with van der Waals surface area (Å²) in [5.41, 5.74) is 0.244. The molecule has 0 radical (unpaired) electrons. The van der Waals surface area contributed by atoms with E-state index in [2.05, 4.69) is 10.3 Å². The number of aromatic nitrogens is 1. The molecular weight excluding hydrogens is 494 g/mol. The first-order valence-electron chi connectivity index (χ1n) is 8.77. The first-order chi connectivity index (χ1) is 15.7. The Hall–Kier alpha value is -3.94. The van der Waals surface area contributed by atoms with Crippen molar-refractivity contribution in [3.63, 3.8) is 0 Å². The van der Waals surface area contributed by atoms with Crippen LogP contribution in [0.5, 0.6) is 0 Å². The molecule has 0 fully saturated rings. The Morgan fingerprint density at radius 1 is 0.912 bits per heavy atom. The van der Waals surface area contributed by atoms with Gasteiger partial charge in [0.2, 0.25) is 0 Å². The van der Waals surface area contributed by atoms with Gasteiger partial charge in [-0.3, -0.25) is 4.79 Å². The zero-order chi connectivity index (χ0) is 25.7. The van der Waals surface area contributed by atoms with E-state index in [9.17, 15) is 35.9 Å². The maximum absolute atomic E-state index is 13.4. The third-order valence-corrected chi connectivity index (χ3v) is 4.96. The van der Waals surface area contributed by atoms with Crippen molar-refractivity contribution < 1.29 is 50.9 Å². The standard InChI is InChI=1S/C18H11F3N2O3S.C2HF3O2/c19-18(20,21)15-12(10-4-2-1-3-5-10)8-14(27-15)16(24)23-11-6-7-13(17(25)26)22-9-11;3-2(4,5)1(6)7/h1-9H,(H,23,24)(H,25,26);(H,6,7). The number of anilines is 1. The Morgan fingerprint density at radius 2 is 1.50 bits per heavy atom. The number of halogens is 6. The molecule has 14 heteroatoms. The molecule has 7 nitrogen and oxygen atoms in total. The van der Waals surface area contributed by atoms with Crippen molar-refractivity contribution >= 4 is 34.9 Å². The highest BCUT2D eigenvalue weighted by molar-refractivity contribution is 7.14. The largest absolute Gasteiger partial charge is 0.490 e. The van der Waals surface area contributed by atoms with Gasteiger partial charge in [-0.05, 0) is 23.8 Å². The first-order valence-corrected chi connectivity index (χ1v) is 9.59. The van der Waals surface area contributed by atoms with Crippen LogP contribution in [0.2, 0.25) is 0 Å². The van der Waals surface area contributed by atoms with Crippen molar-refractivity contribution in [2.75, 3.05) is 5.32 Å². The summed E-state index contributed by atoms with van der Waals surface area (Å²) in [7, 11) is 0. The number of aromatic carboxylic acids is 1. The number of thiophene rings is 1. The average molecular weight is 506 g/mol. The molecule has 0 aliphatic rings. The number of pyridine rings is 1. The number of nitrogens with zero attached hydrogens (tertiary/aromatic N) is 1. The Kier molecular flexibility index (Phi) is 8.00. The summed E-state index contributed by atoms with van der Waals surface area (Å²) >= 11 is 0.345. The van der Waals surface area contributed by atoms with Gasteiger partial charge >= 0.3 is 24.3 Å². The summed E-state index contributed by atoms with van der Waals surface area (Å²) in [5, 5.41) is 18.3. The van der Waals surface area contributed by atoms with Gasteiger partial charge in [-0.15, -0.1) is 11.3 Å². The van der Waals surface area contributed by atoms with Crippen molar-refractivity contribution in [1.82, 2.24) is 4.98 Å². The van der Waals surface area contributed by atoms with Crippen LogP contribution in [0.15, 0.2) is 54.7 Å². The summed E-state index contributed by atoms with van der Waals surface area (Å²) in [6, 6.07) is 11.7. The van der Waals surface area contributed by atoms with Gasteiger partial charge in [0.15, 0.2) is 0 Å². The molecule has 0 spiro atoms. The summed E-state index contributed by atoms with van der Waals surface area (Å²) in [5.74, 6) is -4.72. The molecule has 0 unspecified atom stereocenters. The van der Waals surface area contributed by atoms with E-state index in [1.54, 1.807) is 18.2 Å². The van der Waals surface area contributed by atoms with Crippen LogP contribution < -0.4 is 5.32 Å². The second kappa shape index (κ2) is 10.3. The zero-order valence-electron chi connectivity index (χ0n) is 16.4. The fourth-order valence-corrected chi connectivity index (χ4v) is 3.28. The lowest BCUT2D eigenvalue weighted by Crippen LogP contribution is -2.21. The lowest BCUT2D eigenvalue weighted by atomic mass is 10.1. The number of hydrogen-bond donors (Lipinski definition) is 3. The lowest BCUT2D eigenvalue weighted by Gasteiger charge is -2.07. The van der Waals surface area contributed by atoms with Gasteiger partial charge < -0.3 is 15.5 Å². The lowest BCUT2D eigenvalue weighted by molar-refractivity contribution is -0.192. The van der Waals surface area contributed by atoms with Crippen molar-refractivity contribution in [1.29, 1.82) is 0 Å². The number of alkyl halides is 6. The van der Waals surface area contributed by atoms with E-state index in [-0.39, 0.29) is 21.8 Å². The third-order valence-electron chi connectivity index (χ3n) is 3.78. The maximum atomic E-state index is 13.4. The van der Waals surface area contributed by atoms with E-state index >= 15 is 0 Å². The number of hydrogen-bond acceptors (Lipinski definition) is 5. The first kappa shape index (κ1) is 26.3. The highest BCUT2D eigenvalue weighted by Gasteiger charge is 2.38. The third kappa shape index (κ3) is 7.03. The van der Waals surface area contributed by atoms with Crippen LogP contribution in [-0.4, -0.2) is 39.2 Å². The molecule has 180 valence electrons. The normalized spacial score (nSPS) is 11.2. The maximum Gasteiger partial charge on any atom is 0.490 e. The molecule has 2 heterocycles. The Bertz CT molecular complexity index is 1170. The summed E-state index contributed by atoms with van der Waals surface area (Å²) in [6.07, 6.45) is -8.56. The topological polar surface area (TPSA) is 117 Å². The fraction of sp³-hybridized carbons (Fsp3) is 0.100. The number of carboxylic acids is 2. The number of carbonyl (C=O) groups excluding carboxylic acids is 1. The SMILES string of the molecule is O=C(O)C(F)(F)F.O=C(O)c1ccc(NC(=O)c2cc(-c3ccccc3)c(C(F)(F)F)s2)cn1.